The molecule has 2 heterocycles. The van der Waals surface area contributed by atoms with Gasteiger partial charge in [0.2, 0.25) is 0 Å². The zero-order valence-electron chi connectivity index (χ0n) is 9.39. The zero-order valence-corrected chi connectivity index (χ0v) is 10.2. The minimum absolute atomic E-state index is 0.0994. The SMILES string of the molecule is O=C1C(=O)N(Cc2cncs2)c2cc(F)c(F)cc21. The van der Waals surface area contributed by atoms with Gasteiger partial charge in [0, 0.05) is 17.1 Å². The Morgan fingerprint density at radius 1 is 1.21 bits per heavy atom. The number of thiazole rings is 1. The molecule has 0 unspecified atom stereocenters. The van der Waals surface area contributed by atoms with Crippen molar-refractivity contribution in [2.24, 2.45) is 0 Å². The highest BCUT2D eigenvalue weighted by molar-refractivity contribution is 7.09. The number of hydrogen-bond donors (Lipinski definition) is 0. The van der Waals surface area contributed by atoms with Crippen molar-refractivity contribution in [2.75, 3.05) is 4.90 Å². The maximum atomic E-state index is 13.2. The third-order valence-corrected chi connectivity index (χ3v) is 3.58. The second-order valence-corrected chi connectivity index (χ2v) is 4.94. The average molecular weight is 280 g/mol. The lowest BCUT2D eigenvalue weighted by Crippen LogP contribution is -2.28. The van der Waals surface area contributed by atoms with Gasteiger partial charge >= 0.3 is 0 Å². The van der Waals surface area contributed by atoms with Gasteiger partial charge in [0.15, 0.2) is 11.6 Å². The van der Waals surface area contributed by atoms with E-state index in [1.165, 1.54) is 11.3 Å². The van der Waals surface area contributed by atoms with Gasteiger partial charge in [-0.3, -0.25) is 19.5 Å². The van der Waals surface area contributed by atoms with E-state index in [9.17, 15) is 18.4 Å². The van der Waals surface area contributed by atoms with Crippen molar-refractivity contribution >= 4 is 28.7 Å². The molecule has 1 aromatic carbocycles. The number of halogens is 2. The summed E-state index contributed by atoms with van der Waals surface area (Å²) in [6, 6.07) is 1.63. The molecule has 0 N–H and O–H groups in total. The zero-order chi connectivity index (χ0) is 13.6. The number of hydrogen-bond acceptors (Lipinski definition) is 4. The fourth-order valence-electron chi connectivity index (χ4n) is 1.92. The van der Waals surface area contributed by atoms with Crippen molar-refractivity contribution in [3.63, 3.8) is 0 Å². The van der Waals surface area contributed by atoms with Crippen LogP contribution in [0.15, 0.2) is 23.8 Å². The average Bonchev–Trinajstić information content (AvgIpc) is 2.96. The standard InChI is InChI=1S/C12H6F2N2O2S/c13-8-1-7-10(2-9(8)14)16(12(18)11(7)17)4-6-3-15-5-19-6/h1-3,5H,4H2. The molecule has 0 aliphatic carbocycles. The van der Waals surface area contributed by atoms with Crippen LogP contribution < -0.4 is 4.90 Å². The number of anilines is 1. The van der Waals surface area contributed by atoms with E-state index in [4.69, 9.17) is 0 Å². The fourth-order valence-corrected chi connectivity index (χ4v) is 2.50. The Kier molecular flexibility index (Phi) is 2.63. The topological polar surface area (TPSA) is 50.3 Å². The largest absolute Gasteiger partial charge is 0.299 e. The van der Waals surface area contributed by atoms with E-state index >= 15 is 0 Å². The molecule has 0 radical (unpaired) electrons. The molecule has 4 nitrogen and oxygen atoms in total. The molecule has 1 aliphatic heterocycles. The number of Topliss-reactive ketones (excluding diaryl/α,β-unsaturated/α-hetero) is 1. The van der Waals surface area contributed by atoms with Crippen LogP contribution in [0.1, 0.15) is 15.2 Å². The lowest BCUT2D eigenvalue weighted by Gasteiger charge is -2.15. The van der Waals surface area contributed by atoms with Gasteiger partial charge in [-0.15, -0.1) is 11.3 Å². The first-order valence-electron chi connectivity index (χ1n) is 5.30. The maximum absolute atomic E-state index is 13.2. The highest BCUT2D eigenvalue weighted by Gasteiger charge is 2.37. The lowest BCUT2D eigenvalue weighted by atomic mass is 10.1. The van der Waals surface area contributed by atoms with E-state index in [-0.39, 0.29) is 17.8 Å². The maximum Gasteiger partial charge on any atom is 0.299 e. The summed E-state index contributed by atoms with van der Waals surface area (Å²) in [5.41, 5.74) is 1.58. The summed E-state index contributed by atoms with van der Waals surface area (Å²) in [6.07, 6.45) is 1.56. The van der Waals surface area contributed by atoms with E-state index in [1.807, 2.05) is 0 Å². The first-order valence-corrected chi connectivity index (χ1v) is 6.18. The van der Waals surface area contributed by atoms with E-state index in [0.29, 0.717) is 0 Å². The van der Waals surface area contributed by atoms with Crippen molar-refractivity contribution in [1.82, 2.24) is 4.98 Å². The first-order chi connectivity index (χ1) is 9.08. The van der Waals surface area contributed by atoms with Gasteiger partial charge in [-0.25, -0.2) is 8.78 Å². The Morgan fingerprint density at radius 3 is 2.63 bits per heavy atom. The van der Waals surface area contributed by atoms with Crippen molar-refractivity contribution in [3.8, 4) is 0 Å². The van der Waals surface area contributed by atoms with Crippen molar-refractivity contribution < 1.29 is 18.4 Å². The van der Waals surface area contributed by atoms with E-state index in [0.717, 1.165) is 21.9 Å². The molecule has 2 aromatic rings. The van der Waals surface area contributed by atoms with Gasteiger partial charge in [-0.05, 0) is 6.07 Å². The minimum atomic E-state index is -1.14. The van der Waals surface area contributed by atoms with Crippen LogP contribution in [0, 0.1) is 11.6 Å². The Morgan fingerprint density at radius 2 is 1.95 bits per heavy atom. The van der Waals surface area contributed by atoms with Gasteiger partial charge in [-0.2, -0.15) is 0 Å². The number of carbonyl (C=O) groups is 2. The van der Waals surface area contributed by atoms with Crippen molar-refractivity contribution in [2.45, 2.75) is 6.54 Å². The van der Waals surface area contributed by atoms with Crippen molar-refractivity contribution in [1.29, 1.82) is 0 Å². The number of nitrogens with zero attached hydrogens (tertiary/aromatic N) is 2. The van der Waals surface area contributed by atoms with Gasteiger partial charge in [0.1, 0.15) is 0 Å². The molecule has 1 aliphatic rings. The highest BCUT2D eigenvalue weighted by Crippen LogP contribution is 2.32. The van der Waals surface area contributed by atoms with E-state index < -0.39 is 23.3 Å². The van der Waals surface area contributed by atoms with Gasteiger partial charge < -0.3 is 0 Å². The van der Waals surface area contributed by atoms with Crippen LogP contribution in [0.3, 0.4) is 0 Å². The molecule has 7 heteroatoms. The Labute approximate surface area is 110 Å². The summed E-state index contributed by atoms with van der Waals surface area (Å²) in [4.78, 5) is 29.3. The second-order valence-electron chi connectivity index (χ2n) is 3.97. The van der Waals surface area contributed by atoms with Crippen LogP contribution in [0.4, 0.5) is 14.5 Å². The van der Waals surface area contributed by atoms with Crippen LogP contribution in [-0.2, 0) is 11.3 Å². The Hall–Kier alpha value is -2.15. The fraction of sp³-hybridized carbons (Fsp3) is 0.0833. The lowest BCUT2D eigenvalue weighted by molar-refractivity contribution is -0.114. The summed E-state index contributed by atoms with van der Waals surface area (Å²) in [5, 5.41) is 0. The number of benzene rings is 1. The molecule has 1 amide bonds. The molecule has 1 aromatic heterocycles. The quantitative estimate of drug-likeness (QED) is 0.792. The molecule has 0 saturated carbocycles. The summed E-state index contributed by atoms with van der Waals surface area (Å²) in [7, 11) is 0. The predicted molar refractivity (Wildman–Crippen MR) is 64.0 cm³/mol. The number of rotatable bonds is 2. The number of carbonyl (C=O) groups excluding carboxylic acids is 2. The van der Waals surface area contributed by atoms with Crippen LogP contribution >= 0.6 is 11.3 Å². The minimum Gasteiger partial charge on any atom is -0.299 e. The number of fused-ring (bicyclic) bond motifs is 1. The summed E-state index contributed by atoms with van der Waals surface area (Å²) < 4.78 is 26.4. The number of amides is 1. The van der Waals surface area contributed by atoms with E-state index in [2.05, 4.69) is 4.98 Å². The second kappa shape index (κ2) is 4.20. The Balaban J connectivity index is 2.06. The summed E-state index contributed by atoms with van der Waals surface area (Å²) >= 11 is 1.31. The Bertz CT molecular complexity index is 685. The molecular weight excluding hydrogens is 274 g/mol. The molecule has 0 atom stereocenters. The molecular formula is C12H6F2N2O2S. The van der Waals surface area contributed by atoms with Gasteiger partial charge in [0.05, 0.1) is 23.3 Å². The molecule has 0 saturated heterocycles. The van der Waals surface area contributed by atoms with E-state index in [1.54, 1.807) is 11.7 Å². The first kappa shape index (κ1) is 11.9. The summed E-state index contributed by atoms with van der Waals surface area (Å²) in [5.74, 6) is -3.83. The molecule has 96 valence electrons. The molecule has 3 rings (SSSR count). The molecule has 19 heavy (non-hydrogen) atoms. The van der Waals surface area contributed by atoms with Crippen LogP contribution in [0.5, 0.6) is 0 Å². The molecule has 0 fully saturated rings. The summed E-state index contributed by atoms with van der Waals surface area (Å²) in [6.45, 7) is 0.118. The smallest absolute Gasteiger partial charge is 0.299 e. The van der Waals surface area contributed by atoms with Gasteiger partial charge in [0.25, 0.3) is 11.7 Å². The predicted octanol–water partition coefficient (Wildman–Crippen LogP) is 2.15. The molecule has 0 spiro atoms. The van der Waals surface area contributed by atoms with Crippen molar-refractivity contribution in [3.05, 3.63) is 45.9 Å². The highest BCUT2D eigenvalue weighted by atomic mass is 32.1. The number of aromatic nitrogens is 1. The molecule has 0 bridgehead atoms. The van der Waals surface area contributed by atoms with Crippen LogP contribution in [-0.4, -0.2) is 16.7 Å². The third kappa shape index (κ3) is 1.82. The number of ketones is 1. The van der Waals surface area contributed by atoms with Crippen LogP contribution in [0.2, 0.25) is 0 Å². The third-order valence-electron chi connectivity index (χ3n) is 2.81. The monoisotopic (exact) mass is 280 g/mol. The normalized spacial score (nSPS) is 14.1. The van der Waals surface area contributed by atoms with Gasteiger partial charge in [-0.1, -0.05) is 0 Å². The van der Waals surface area contributed by atoms with Crippen LogP contribution in [0.25, 0.3) is 0 Å².